The number of carbonyl (C=O) groups excluding carboxylic acids is 1. The molecule has 178 valence electrons. The van der Waals surface area contributed by atoms with Crippen LogP contribution in [-0.4, -0.2) is 36.4 Å². The number of sulfonamides is 1. The van der Waals surface area contributed by atoms with Crippen LogP contribution in [0.2, 0.25) is 5.02 Å². The standard InChI is InChI=1S/C24H26ClN5O3S/c1-16-14-24(2,3)30(15-16)22-17(8-7-13-26-22)23(31)29-34(32,33)21-12-6-11-20(28-21)27-19-10-5-4-9-18(19)25/h4-13,16H,14-15H2,1-3H3,(H,27,28)(H,29,31). The first-order chi connectivity index (χ1) is 16.1. The second-order valence-electron chi connectivity index (χ2n) is 9.01. The minimum atomic E-state index is -4.24. The van der Waals surface area contributed by atoms with Gasteiger partial charge in [0.2, 0.25) is 0 Å². The lowest BCUT2D eigenvalue weighted by atomic mass is 9.97. The number of amides is 1. The summed E-state index contributed by atoms with van der Waals surface area (Å²) in [6.07, 6.45) is 2.54. The Morgan fingerprint density at radius 3 is 2.59 bits per heavy atom. The molecule has 8 nitrogen and oxygen atoms in total. The molecular formula is C24H26ClN5O3S. The third-order valence-corrected chi connectivity index (χ3v) is 7.28. The lowest BCUT2D eigenvalue weighted by Crippen LogP contribution is -2.41. The number of carbonyl (C=O) groups is 1. The van der Waals surface area contributed by atoms with Gasteiger partial charge in [-0.15, -0.1) is 0 Å². The van der Waals surface area contributed by atoms with Gasteiger partial charge in [-0.3, -0.25) is 4.79 Å². The average Bonchev–Trinajstić information content (AvgIpc) is 3.07. The zero-order valence-electron chi connectivity index (χ0n) is 19.1. The summed E-state index contributed by atoms with van der Waals surface area (Å²) in [5.41, 5.74) is 0.568. The van der Waals surface area contributed by atoms with E-state index >= 15 is 0 Å². The number of hydrogen-bond donors (Lipinski definition) is 2. The molecule has 4 rings (SSSR count). The van der Waals surface area contributed by atoms with Gasteiger partial charge in [0.25, 0.3) is 15.9 Å². The molecule has 0 saturated carbocycles. The highest BCUT2D eigenvalue weighted by molar-refractivity contribution is 7.90. The summed E-state index contributed by atoms with van der Waals surface area (Å²) in [5, 5.41) is 3.17. The number of pyridine rings is 2. The lowest BCUT2D eigenvalue weighted by Gasteiger charge is -2.33. The SMILES string of the molecule is CC1CN(c2ncccc2C(=O)NS(=O)(=O)c2cccc(Nc3ccccc3Cl)n2)C(C)(C)C1. The zero-order chi connectivity index (χ0) is 24.5. The van der Waals surface area contributed by atoms with Gasteiger partial charge in [-0.25, -0.2) is 14.7 Å². The third-order valence-electron chi connectivity index (χ3n) is 5.72. The molecular weight excluding hydrogens is 474 g/mol. The minimum Gasteiger partial charge on any atom is -0.351 e. The predicted molar refractivity (Wildman–Crippen MR) is 133 cm³/mol. The zero-order valence-corrected chi connectivity index (χ0v) is 20.7. The third kappa shape index (κ3) is 5.00. The number of rotatable bonds is 6. The van der Waals surface area contributed by atoms with Gasteiger partial charge in [0.1, 0.15) is 11.6 Å². The fourth-order valence-corrected chi connectivity index (χ4v) is 5.43. The van der Waals surface area contributed by atoms with Gasteiger partial charge in [0.15, 0.2) is 5.03 Å². The van der Waals surface area contributed by atoms with Crippen molar-refractivity contribution < 1.29 is 13.2 Å². The van der Waals surface area contributed by atoms with E-state index in [1.807, 2.05) is 0 Å². The van der Waals surface area contributed by atoms with E-state index in [2.05, 4.69) is 45.7 Å². The number of nitrogens with one attached hydrogen (secondary N) is 2. The van der Waals surface area contributed by atoms with E-state index in [0.717, 1.165) is 13.0 Å². The van der Waals surface area contributed by atoms with Crippen LogP contribution in [0.15, 0.2) is 65.8 Å². The number of halogens is 1. The predicted octanol–water partition coefficient (Wildman–Crippen LogP) is 4.62. The lowest BCUT2D eigenvalue weighted by molar-refractivity contribution is 0.0981. The molecule has 1 aromatic carbocycles. The summed E-state index contributed by atoms with van der Waals surface area (Å²) < 4.78 is 28.2. The second kappa shape index (κ2) is 9.23. The number of para-hydroxylation sites is 1. The first kappa shape index (κ1) is 24.0. The van der Waals surface area contributed by atoms with Crippen LogP contribution < -0.4 is 14.9 Å². The van der Waals surface area contributed by atoms with Crippen LogP contribution >= 0.6 is 11.6 Å². The summed E-state index contributed by atoms with van der Waals surface area (Å²) in [6, 6.07) is 14.7. The molecule has 0 spiro atoms. The molecule has 10 heteroatoms. The Kier molecular flexibility index (Phi) is 6.51. The highest BCUT2D eigenvalue weighted by Crippen LogP contribution is 2.37. The van der Waals surface area contributed by atoms with Crippen molar-refractivity contribution in [2.45, 2.75) is 37.8 Å². The average molecular weight is 500 g/mol. The molecule has 1 unspecified atom stereocenters. The van der Waals surface area contributed by atoms with Crippen molar-refractivity contribution in [3.05, 3.63) is 71.4 Å². The molecule has 0 bridgehead atoms. The van der Waals surface area contributed by atoms with Crippen molar-refractivity contribution in [2.24, 2.45) is 5.92 Å². The number of anilines is 3. The van der Waals surface area contributed by atoms with Crippen molar-refractivity contribution >= 4 is 44.9 Å². The van der Waals surface area contributed by atoms with E-state index in [1.54, 1.807) is 48.7 Å². The van der Waals surface area contributed by atoms with Gasteiger partial charge in [0, 0.05) is 18.3 Å². The molecule has 1 aliphatic heterocycles. The molecule has 0 radical (unpaired) electrons. The number of benzene rings is 1. The van der Waals surface area contributed by atoms with Gasteiger partial charge in [-0.05, 0) is 62.6 Å². The van der Waals surface area contributed by atoms with E-state index in [1.165, 1.54) is 12.1 Å². The molecule has 3 heterocycles. The topological polar surface area (TPSA) is 104 Å². The van der Waals surface area contributed by atoms with Gasteiger partial charge in [-0.2, -0.15) is 8.42 Å². The van der Waals surface area contributed by atoms with Crippen LogP contribution in [0.25, 0.3) is 0 Å². The monoisotopic (exact) mass is 499 g/mol. The fourth-order valence-electron chi connectivity index (χ4n) is 4.31. The molecule has 1 fully saturated rings. The summed E-state index contributed by atoms with van der Waals surface area (Å²) in [6.45, 7) is 7.05. The maximum absolute atomic E-state index is 13.1. The highest BCUT2D eigenvalue weighted by Gasteiger charge is 2.39. The van der Waals surface area contributed by atoms with Crippen LogP contribution in [0.1, 0.15) is 37.6 Å². The Labute approximate surface area is 204 Å². The van der Waals surface area contributed by atoms with E-state index in [4.69, 9.17) is 11.6 Å². The van der Waals surface area contributed by atoms with Gasteiger partial charge < -0.3 is 10.2 Å². The van der Waals surface area contributed by atoms with Gasteiger partial charge in [0.05, 0.1) is 16.3 Å². The number of aromatic nitrogens is 2. The van der Waals surface area contributed by atoms with Gasteiger partial charge in [-0.1, -0.05) is 36.7 Å². The van der Waals surface area contributed by atoms with Crippen LogP contribution in [0.3, 0.4) is 0 Å². The Hall–Kier alpha value is -3.17. The Bertz CT molecular complexity index is 1330. The minimum absolute atomic E-state index is 0.193. The first-order valence-corrected chi connectivity index (χ1v) is 12.7. The van der Waals surface area contributed by atoms with E-state index in [-0.39, 0.29) is 21.9 Å². The maximum Gasteiger partial charge on any atom is 0.281 e. The fraction of sp³-hybridized carbons (Fsp3) is 0.292. The molecule has 2 N–H and O–H groups in total. The molecule has 1 atom stereocenters. The molecule has 3 aromatic rings. The molecule has 2 aromatic heterocycles. The van der Waals surface area contributed by atoms with Crippen molar-refractivity contribution in [3.63, 3.8) is 0 Å². The smallest absolute Gasteiger partial charge is 0.281 e. The largest absolute Gasteiger partial charge is 0.351 e. The number of nitrogens with zero attached hydrogens (tertiary/aromatic N) is 3. The molecule has 34 heavy (non-hydrogen) atoms. The second-order valence-corrected chi connectivity index (χ2v) is 11.0. The first-order valence-electron chi connectivity index (χ1n) is 10.9. The molecule has 1 aliphatic rings. The molecule has 1 saturated heterocycles. The Morgan fingerprint density at radius 2 is 1.88 bits per heavy atom. The maximum atomic E-state index is 13.1. The van der Waals surface area contributed by atoms with Crippen LogP contribution in [0.4, 0.5) is 17.3 Å². The van der Waals surface area contributed by atoms with Crippen LogP contribution in [-0.2, 0) is 10.0 Å². The van der Waals surface area contributed by atoms with Crippen molar-refractivity contribution in [1.82, 2.24) is 14.7 Å². The summed E-state index contributed by atoms with van der Waals surface area (Å²) in [5.74, 6) is 0.406. The van der Waals surface area contributed by atoms with Crippen molar-refractivity contribution in [2.75, 3.05) is 16.8 Å². The van der Waals surface area contributed by atoms with E-state index in [0.29, 0.717) is 22.4 Å². The summed E-state index contributed by atoms with van der Waals surface area (Å²) in [4.78, 5) is 23.7. The van der Waals surface area contributed by atoms with E-state index < -0.39 is 15.9 Å². The van der Waals surface area contributed by atoms with Crippen LogP contribution in [0, 0.1) is 5.92 Å². The molecule has 1 amide bonds. The number of hydrogen-bond acceptors (Lipinski definition) is 7. The summed E-state index contributed by atoms with van der Waals surface area (Å²) >= 11 is 6.16. The van der Waals surface area contributed by atoms with Crippen molar-refractivity contribution in [3.8, 4) is 0 Å². The Morgan fingerprint density at radius 1 is 1.12 bits per heavy atom. The quantitative estimate of drug-likeness (QED) is 0.510. The molecule has 0 aliphatic carbocycles. The van der Waals surface area contributed by atoms with Crippen molar-refractivity contribution in [1.29, 1.82) is 0 Å². The highest BCUT2D eigenvalue weighted by atomic mass is 35.5. The van der Waals surface area contributed by atoms with E-state index in [9.17, 15) is 13.2 Å². The van der Waals surface area contributed by atoms with Crippen LogP contribution in [0.5, 0.6) is 0 Å². The van der Waals surface area contributed by atoms with Gasteiger partial charge >= 0.3 is 0 Å². The summed E-state index contributed by atoms with van der Waals surface area (Å²) in [7, 11) is -4.24. The normalized spacial score (nSPS) is 17.4. The Balaban J connectivity index is 1.58.